The van der Waals surface area contributed by atoms with E-state index >= 15 is 0 Å². The maximum Gasteiger partial charge on any atom is 0.303 e. The standard InChI is InChI=1S/C15H29NO2/c1-4-9-15(10-5-2)11-16(12-15)13(3)7-6-8-14(17)18/h13H,4-12H2,1-3H3,(H,17,18). The van der Waals surface area contributed by atoms with E-state index in [0.29, 0.717) is 17.9 Å². The second-order valence-corrected chi connectivity index (χ2v) is 6.04. The van der Waals surface area contributed by atoms with Crippen molar-refractivity contribution in [2.75, 3.05) is 13.1 Å². The Morgan fingerprint density at radius 2 is 1.83 bits per heavy atom. The molecule has 0 amide bonds. The molecule has 3 nitrogen and oxygen atoms in total. The molecule has 1 unspecified atom stereocenters. The molecule has 0 aromatic heterocycles. The normalized spacial score (nSPS) is 20.4. The fourth-order valence-electron chi connectivity index (χ4n) is 3.36. The second kappa shape index (κ2) is 7.13. The molecule has 1 fully saturated rings. The topological polar surface area (TPSA) is 40.5 Å². The first-order valence-electron chi connectivity index (χ1n) is 7.49. The van der Waals surface area contributed by atoms with Gasteiger partial charge in [-0.2, -0.15) is 0 Å². The Balaban J connectivity index is 2.27. The van der Waals surface area contributed by atoms with E-state index in [4.69, 9.17) is 5.11 Å². The summed E-state index contributed by atoms with van der Waals surface area (Å²) in [5.74, 6) is -0.669. The monoisotopic (exact) mass is 255 g/mol. The number of hydrogen-bond donors (Lipinski definition) is 1. The highest BCUT2D eigenvalue weighted by atomic mass is 16.4. The second-order valence-electron chi connectivity index (χ2n) is 6.04. The van der Waals surface area contributed by atoms with Crippen LogP contribution >= 0.6 is 0 Å². The summed E-state index contributed by atoms with van der Waals surface area (Å²) < 4.78 is 0. The fourth-order valence-corrected chi connectivity index (χ4v) is 3.36. The van der Waals surface area contributed by atoms with Crippen molar-refractivity contribution in [3.63, 3.8) is 0 Å². The van der Waals surface area contributed by atoms with Gasteiger partial charge in [-0.15, -0.1) is 0 Å². The highest BCUT2D eigenvalue weighted by Crippen LogP contribution is 2.41. The van der Waals surface area contributed by atoms with Gasteiger partial charge in [-0.25, -0.2) is 0 Å². The van der Waals surface area contributed by atoms with Crippen LogP contribution in [0.2, 0.25) is 0 Å². The van der Waals surface area contributed by atoms with Crippen LogP contribution in [0.4, 0.5) is 0 Å². The Morgan fingerprint density at radius 1 is 1.28 bits per heavy atom. The van der Waals surface area contributed by atoms with Gasteiger partial charge in [0.05, 0.1) is 0 Å². The van der Waals surface area contributed by atoms with E-state index in [-0.39, 0.29) is 0 Å². The highest BCUT2D eigenvalue weighted by molar-refractivity contribution is 5.66. The van der Waals surface area contributed by atoms with Crippen LogP contribution in [0.5, 0.6) is 0 Å². The first kappa shape index (κ1) is 15.5. The molecule has 0 spiro atoms. The molecule has 3 heteroatoms. The van der Waals surface area contributed by atoms with E-state index in [1.807, 2.05) is 0 Å². The minimum atomic E-state index is -0.669. The van der Waals surface area contributed by atoms with Gasteiger partial charge in [0, 0.05) is 25.6 Å². The van der Waals surface area contributed by atoms with Crippen molar-refractivity contribution in [3.8, 4) is 0 Å². The number of hydrogen-bond acceptors (Lipinski definition) is 2. The highest BCUT2D eigenvalue weighted by Gasteiger charge is 2.42. The number of rotatable bonds is 9. The smallest absolute Gasteiger partial charge is 0.303 e. The lowest BCUT2D eigenvalue weighted by Gasteiger charge is -2.53. The van der Waals surface area contributed by atoms with Gasteiger partial charge in [0.1, 0.15) is 0 Å². The molecule has 1 heterocycles. The summed E-state index contributed by atoms with van der Waals surface area (Å²) in [6.45, 7) is 9.24. The van der Waals surface area contributed by atoms with E-state index in [1.54, 1.807) is 0 Å². The molecule has 0 aromatic rings. The minimum absolute atomic E-state index is 0.313. The molecule has 1 atom stereocenters. The van der Waals surface area contributed by atoms with E-state index in [9.17, 15) is 4.79 Å². The van der Waals surface area contributed by atoms with Gasteiger partial charge in [0.2, 0.25) is 0 Å². The van der Waals surface area contributed by atoms with Crippen molar-refractivity contribution in [2.45, 2.75) is 71.8 Å². The van der Waals surface area contributed by atoms with Crippen molar-refractivity contribution in [1.82, 2.24) is 4.90 Å². The van der Waals surface area contributed by atoms with Crippen molar-refractivity contribution in [1.29, 1.82) is 0 Å². The number of nitrogens with zero attached hydrogens (tertiary/aromatic N) is 1. The quantitative estimate of drug-likeness (QED) is 0.685. The molecule has 1 saturated heterocycles. The summed E-state index contributed by atoms with van der Waals surface area (Å²) in [7, 11) is 0. The average Bonchev–Trinajstić information content (AvgIpc) is 2.24. The lowest BCUT2D eigenvalue weighted by molar-refractivity contribution is -0.137. The van der Waals surface area contributed by atoms with E-state index in [1.165, 1.54) is 38.8 Å². The Kier molecular flexibility index (Phi) is 6.13. The van der Waals surface area contributed by atoms with Crippen LogP contribution < -0.4 is 0 Å². The summed E-state index contributed by atoms with van der Waals surface area (Å²) in [4.78, 5) is 13.0. The summed E-state index contributed by atoms with van der Waals surface area (Å²) in [5, 5.41) is 8.65. The van der Waals surface area contributed by atoms with E-state index in [0.717, 1.165) is 12.8 Å². The lowest BCUT2D eigenvalue weighted by Crippen LogP contribution is -2.59. The van der Waals surface area contributed by atoms with Gasteiger partial charge in [-0.05, 0) is 38.0 Å². The molecule has 0 saturated carbocycles. The van der Waals surface area contributed by atoms with Crippen LogP contribution in [-0.4, -0.2) is 35.1 Å². The number of carboxylic acids is 1. The zero-order valence-electron chi connectivity index (χ0n) is 12.2. The molecule has 1 rings (SSSR count). The van der Waals surface area contributed by atoms with Gasteiger partial charge in [-0.3, -0.25) is 9.69 Å². The molecule has 1 N–H and O–H groups in total. The third kappa shape index (κ3) is 4.27. The molecule has 0 bridgehead atoms. The Bertz CT molecular complexity index is 251. The number of aliphatic carboxylic acids is 1. The Labute approximate surface area is 112 Å². The first-order chi connectivity index (χ1) is 8.53. The van der Waals surface area contributed by atoms with Crippen LogP contribution in [0, 0.1) is 5.41 Å². The van der Waals surface area contributed by atoms with Gasteiger partial charge in [-0.1, -0.05) is 26.7 Å². The number of carboxylic acid groups (broad SMARTS) is 1. The minimum Gasteiger partial charge on any atom is -0.481 e. The maximum atomic E-state index is 10.5. The summed E-state index contributed by atoms with van der Waals surface area (Å²) >= 11 is 0. The molecule has 106 valence electrons. The van der Waals surface area contributed by atoms with Crippen LogP contribution in [-0.2, 0) is 4.79 Å². The van der Waals surface area contributed by atoms with Crippen molar-refractivity contribution >= 4 is 5.97 Å². The summed E-state index contributed by atoms with van der Waals surface area (Å²) in [6, 6.07) is 0.547. The zero-order valence-corrected chi connectivity index (χ0v) is 12.2. The molecule has 0 radical (unpaired) electrons. The van der Waals surface area contributed by atoms with Crippen molar-refractivity contribution < 1.29 is 9.90 Å². The molecule has 18 heavy (non-hydrogen) atoms. The molecule has 0 aromatic carbocycles. The van der Waals surface area contributed by atoms with Crippen LogP contribution in [0.1, 0.15) is 65.7 Å². The van der Waals surface area contributed by atoms with Gasteiger partial charge in [0.25, 0.3) is 0 Å². The Hall–Kier alpha value is -0.570. The van der Waals surface area contributed by atoms with Crippen molar-refractivity contribution in [2.24, 2.45) is 5.41 Å². The van der Waals surface area contributed by atoms with Crippen LogP contribution in [0.3, 0.4) is 0 Å². The van der Waals surface area contributed by atoms with E-state index < -0.39 is 5.97 Å². The summed E-state index contributed by atoms with van der Waals surface area (Å²) in [6.07, 6.45) is 7.39. The fraction of sp³-hybridized carbons (Fsp3) is 0.933. The predicted molar refractivity (Wildman–Crippen MR) is 74.8 cm³/mol. The molecular formula is C15H29NO2. The lowest BCUT2D eigenvalue weighted by atomic mass is 9.72. The molecule has 1 aliphatic rings. The van der Waals surface area contributed by atoms with Crippen LogP contribution in [0.25, 0.3) is 0 Å². The number of carbonyl (C=O) groups is 1. The largest absolute Gasteiger partial charge is 0.481 e. The Morgan fingerprint density at radius 3 is 2.28 bits per heavy atom. The molecular weight excluding hydrogens is 226 g/mol. The third-order valence-electron chi connectivity index (χ3n) is 4.27. The van der Waals surface area contributed by atoms with Crippen molar-refractivity contribution in [3.05, 3.63) is 0 Å². The number of likely N-dealkylation sites (tertiary alicyclic amines) is 1. The molecule has 1 aliphatic heterocycles. The van der Waals surface area contributed by atoms with E-state index in [2.05, 4.69) is 25.7 Å². The van der Waals surface area contributed by atoms with Crippen LogP contribution in [0.15, 0.2) is 0 Å². The van der Waals surface area contributed by atoms with Gasteiger partial charge >= 0.3 is 5.97 Å². The average molecular weight is 255 g/mol. The predicted octanol–water partition coefficient (Wildman–Crippen LogP) is 3.53. The molecule has 0 aliphatic carbocycles. The van der Waals surface area contributed by atoms with Gasteiger partial charge < -0.3 is 5.11 Å². The summed E-state index contributed by atoms with van der Waals surface area (Å²) in [5.41, 5.74) is 0.574. The SMILES string of the molecule is CCCC1(CCC)CN(C(C)CCCC(=O)O)C1. The third-order valence-corrected chi connectivity index (χ3v) is 4.27. The van der Waals surface area contributed by atoms with Gasteiger partial charge in [0.15, 0.2) is 0 Å². The first-order valence-corrected chi connectivity index (χ1v) is 7.49. The maximum absolute atomic E-state index is 10.5. The zero-order chi connectivity index (χ0) is 13.6.